The molecule has 0 bridgehead atoms. The van der Waals surface area contributed by atoms with E-state index < -0.39 is 0 Å². The van der Waals surface area contributed by atoms with Crippen LogP contribution >= 0.6 is 0 Å². The van der Waals surface area contributed by atoms with E-state index in [0.717, 1.165) is 5.56 Å². The fourth-order valence-corrected chi connectivity index (χ4v) is 3.19. The van der Waals surface area contributed by atoms with E-state index >= 15 is 0 Å². The third-order valence-corrected chi connectivity index (χ3v) is 4.94. The van der Waals surface area contributed by atoms with Crippen molar-refractivity contribution in [1.82, 2.24) is 9.80 Å². The Morgan fingerprint density at radius 1 is 1.06 bits per heavy atom. The van der Waals surface area contributed by atoms with Gasteiger partial charge in [0.1, 0.15) is 12.4 Å². The van der Waals surface area contributed by atoms with Gasteiger partial charge in [-0.1, -0.05) is 18.7 Å². The molecular formula is C24H26FN3O4. The van der Waals surface area contributed by atoms with Gasteiger partial charge in [0.15, 0.2) is 11.5 Å². The van der Waals surface area contributed by atoms with Crippen molar-refractivity contribution in [2.24, 2.45) is 0 Å². The zero-order valence-electron chi connectivity index (χ0n) is 17.9. The summed E-state index contributed by atoms with van der Waals surface area (Å²) < 4.78 is 23.9. The van der Waals surface area contributed by atoms with E-state index in [0.29, 0.717) is 50.0 Å². The number of halogens is 1. The third-order valence-electron chi connectivity index (χ3n) is 4.94. The molecule has 1 saturated heterocycles. The number of carbonyl (C=O) groups is 2. The molecule has 0 saturated carbocycles. The molecule has 32 heavy (non-hydrogen) atoms. The van der Waals surface area contributed by atoms with Gasteiger partial charge in [-0.15, -0.1) is 0 Å². The van der Waals surface area contributed by atoms with Gasteiger partial charge in [-0.3, -0.25) is 4.79 Å². The molecule has 2 aromatic carbocycles. The molecule has 3 rings (SSSR count). The Hall–Kier alpha value is -3.81. The molecule has 1 aliphatic rings. The van der Waals surface area contributed by atoms with Crippen molar-refractivity contribution < 1.29 is 23.5 Å². The molecule has 0 aromatic heterocycles. The lowest BCUT2D eigenvalue weighted by Crippen LogP contribution is -2.51. The Bertz CT molecular complexity index is 983. The van der Waals surface area contributed by atoms with Crippen LogP contribution in [0.4, 0.5) is 14.9 Å². The summed E-state index contributed by atoms with van der Waals surface area (Å²) in [6, 6.07) is 10.7. The van der Waals surface area contributed by atoms with Crippen LogP contribution in [0.15, 0.2) is 61.2 Å². The number of urea groups is 1. The number of hydrogen-bond donors (Lipinski definition) is 1. The maximum absolute atomic E-state index is 13.0. The van der Waals surface area contributed by atoms with Gasteiger partial charge >= 0.3 is 6.03 Å². The van der Waals surface area contributed by atoms with E-state index in [1.54, 1.807) is 41.2 Å². The largest absolute Gasteiger partial charge is 0.493 e. The highest BCUT2D eigenvalue weighted by molar-refractivity contribution is 5.92. The molecule has 0 aliphatic carbocycles. The van der Waals surface area contributed by atoms with Gasteiger partial charge in [-0.2, -0.15) is 0 Å². The van der Waals surface area contributed by atoms with Crippen LogP contribution in [0.2, 0.25) is 0 Å². The summed E-state index contributed by atoms with van der Waals surface area (Å²) in [5, 5.41) is 2.73. The number of nitrogens with one attached hydrogen (secondary N) is 1. The molecule has 3 amide bonds. The summed E-state index contributed by atoms with van der Waals surface area (Å²) in [5.41, 5.74) is 1.33. The number of rotatable bonds is 7. The number of carbonyl (C=O) groups excluding carboxylic acids is 2. The number of anilines is 1. The van der Waals surface area contributed by atoms with E-state index in [1.165, 1.54) is 30.3 Å². The lowest BCUT2D eigenvalue weighted by atomic mass is 10.2. The minimum absolute atomic E-state index is 0.130. The van der Waals surface area contributed by atoms with E-state index in [2.05, 4.69) is 11.9 Å². The lowest BCUT2D eigenvalue weighted by Gasteiger charge is -2.34. The molecule has 168 valence electrons. The zero-order chi connectivity index (χ0) is 22.9. The van der Waals surface area contributed by atoms with Crippen LogP contribution in [-0.2, 0) is 4.79 Å². The SMILES string of the molecule is C=CCOc1ccc(/C=C/C(=O)N2CCN(C(=O)Nc3ccc(F)cc3)CC2)cc1OC. The van der Waals surface area contributed by atoms with E-state index in [1.807, 2.05) is 6.07 Å². The lowest BCUT2D eigenvalue weighted by molar-refractivity contribution is -0.127. The first kappa shape index (κ1) is 22.9. The van der Waals surface area contributed by atoms with Gasteiger partial charge in [0.25, 0.3) is 0 Å². The number of methoxy groups -OCH3 is 1. The summed E-state index contributed by atoms with van der Waals surface area (Å²) in [6.07, 6.45) is 4.88. The van der Waals surface area contributed by atoms with Gasteiger partial charge < -0.3 is 24.6 Å². The topological polar surface area (TPSA) is 71.1 Å². The minimum atomic E-state index is -0.362. The van der Waals surface area contributed by atoms with Crippen LogP contribution in [0.25, 0.3) is 6.08 Å². The predicted octanol–water partition coefficient (Wildman–Crippen LogP) is 3.79. The molecule has 8 heteroatoms. The molecule has 0 radical (unpaired) electrons. The van der Waals surface area contributed by atoms with Gasteiger partial charge in [0, 0.05) is 37.9 Å². The molecule has 7 nitrogen and oxygen atoms in total. The fourth-order valence-electron chi connectivity index (χ4n) is 3.19. The van der Waals surface area contributed by atoms with Crippen molar-refractivity contribution in [3.63, 3.8) is 0 Å². The zero-order valence-corrected chi connectivity index (χ0v) is 17.9. The second kappa shape index (κ2) is 11.0. The number of amides is 3. The van der Waals surface area contributed by atoms with Crippen LogP contribution in [0.1, 0.15) is 5.56 Å². The Morgan fingerprint density at radius 2 is 1.75 bits per heavy atom. The van der Waals surface area contributed by atoms with Crippen molar-refractivity contribution in [3.8, 4) is 11.5 Å². The second-order valence-electron chi connectivity index (χ2n) is 7.09. The number of nitrogens with zero attached hydrogens (tertiary/aromatic N) is 2. The average Bonchev–Trinajstić information content (AvgIpc) is 2.82. The maximum Gasteiger partial charge on any atom is 0.321 e. The molecular weight excluding hydrogens is 413 g/mol. The highest BCUT2D eigenvalue weighted by Gasteiger charge is 2.23. The summed E-state index contributed by atoms with van der Waals surface area (Å²) >= 11 is 0. The van der Waals surface area contributed by atoms with Crippen molar-refractivity contribution >= 4 is 23.7 Å². The Kier molecular flexibility index (Phi) is 7.85. The van der Waals surface area contributed by atoms with Gasteiger partial charge in [-0.25, -0.2) is 9.18 Å². The third kappa shape index (κ3) is 6.10. The Balaban J connectivity index is 1.51. The monoisotopic (exact) mass is 439 g/mol. The molecule has 1 fully saturated rings. The summed E-state index contributed by atoms with van der Waals surface area (Å²) in [4.78, 5) is 28.2. The van der Waals surface area contributed by atoms with E-state index in [4.69, 9.17) is 9.47 Å². The molecule has 0 atom stereocenters. The van der Waals surface area contributed by atoms with E-state index in [-0.39, 0.29) is 17.8 Å². The van der Waals surface area contributed by atoms with Crippen molar-refractivity contribution in [2.75, 3.05) is 45.2 Å². The van der Waals surface area contributed by atoms with Gasteiger partial charge in [0.2, 0.25) is 5.91 Å². The highest BCUT2D eigenvalue weighted by atomic mass is 19.1. The first-order chi connectivity index (χ1) is 15.5. The van der Waals surface area contributed by atoms with Crippen LogP contribution in [0, 0.1) is 5.82 Å². The summed E-state index contributed by atoms with van der Waals surface area (Å²) in [6.45, 7) is 5.68. The smallest absolute Gasteiger partial charge is 0.321 e. The van der Waals surface area contributed by atoms with Crippen LogP contribution in [0.5, 0.6) is 11.5 Å². The maximum atomic E-state index is 13.0. The number of piperazine rings is 1. The minimum Gasteiger partial charge on any atom is -0.493 e. The quantitative estimate of drug-likeness (QED) is 0.526. The predicted molar refractivity (Wildman–Crippen MR) is 121 cm³/mol. The summed E-state index contributed by atoms with van der Waals surface area (Å²) in [7, 11) is 1.56. The Labute approximate surface area is 186 Å². The Morgan fingerprint density at radius 3 is 2.41 bits per heavy atom. The molecule has 1 N–H and O–H groups in total. The molecule has 2 aromatic rings. The van der Waals surface area contributed by atoms with Gasteiger partial charge in [-0.05, 0) is 48.0 Å². The van der Waals surface area contributed by atoms with E-state index in [9.17, 15) is 14.0 Å². The van der Waals surface area contributed by atoms with Crippen LogP contribution < -0.4 is 14.8 Å². The van der Waals surface area contributed by atoms with Crippen molar-refractivity contribution in [2.45, 2.75) is 0 Å². The first-order valence-electron chi connectivity index (χ1n) is 10.2. The molecule has 0 unspecified atom stereocenters. The van der Waals surface area contributed by atoms with Crippen molar-refractivity contribution in [1.29, 1.82) is 0 Å². The second-order valence-corrected chi connectivity index (χ2v) is 7.09. The number of benzene rings is 2. The normalized spacial score (nSPS) is 13.7. The number of hydrogen-bond acceptors (Lipinski definition) is 4. The average molecular weight is 439 g/mol. The van der Waals surface area contributed by atoms with Crippen molar-refractivity contribution in [3.05, 3.63) is 72.6 Å². The van der Waals surface area contributed by atoms with Crippen LogP contribution in [0.3, 0.4) is 0 Å². The summed E-state index contributed by atoms with van der Waals surface area (Å²) in [5.74, 6) is 0.682. The molecule has 1 aliphatic heterocycles. The standard InChI is InChI=1S/C24H26FN3O4/c1-3-16-32-21-10-4-18(17-22(21)31-2)5-11-23(29)27-12-14-28(15-13-27)24(30)26-20-8-6-19(25)7-9-20/h3-11,17H,1,12-16H2,2H3,(H,26,30)/b11-5+. The van der Waals surface area contributed by atoms with Gasteiger partial charge in [0.05, 0.1) is 7.11 Å². The molecule has 1 heterocycles. The first-order valence-corrected chi connectivity index (χ1v) is 10.2. The number of ether oxygens (including phenoxy) is 2. The fraction of sp³-hybridized carbons (Fsp3) is 0.250. The molecule has 0 spiro atoms. The van der Waals surface area contributed by atoms with Crippen LogP contribution in [-0.4, -0.2) is 61.6 Å². The highest BCUT2D eigenvalue weighted by Crippen LogP contribution is 2.28.